The van der Waals surface area contributed by atoms with Crippen molar-refractivity contribution in [2.45, 2.75) is 12.8 Å². The molecule has 2 aromatic heterocycles. The lowest BCUT2D eigenvalue weighted by Crippen LogP contribution is -1.99. The van der Waals surface area contributed by atoms with Crippen molar-refractivity contribution < 1.29 is 4.74 Å². The van der Waals surface area contributed by atoms with Gasteiger partial charge in [0.1, 0.15) is 5.52 Å². The summed E-state index contributed by atoms with van der Waals surface area (Å²) >= 11 is 0. The van der Waals surface area contributed by atoms with Gasteiger partial charge in [-0.05, 0) is 13.0 Å². The van der Waals surface area contributed by atoms with Gasteiger partial charge in [0.15, 0.2) is 5.75 Å². The first-order chi connectivity index (χ1) is 7.69. The lowest BCUT2D eigenvalue weighted by atomic mass is 10.0. The minimum atomic E-state index is -0.242. The molecule has 0 spiro atoms. The van der Waals surface area contributed by atoms with Crippen LogP contribution in [0.15, 0.2) is 18.5 Å². The van der Waals surface area contributed by atoms with Gasteiger partial charge in [-0.2, -0.15) is 10.4 Å². The second kappa shape index (κ2) is 3.74. The number of hydrogen-bond donors (Lipinski definition) is 1. The Hall–Kier alpha value is -2.22. The summed E-state index contributed by atoms with van der Waals surface area (Å²) in [5.41, 5.74) is 7.95. The van der Waals surface area contributed by atoms with Gasteiger partial charge in [0.25, 0.3) is 0 Å². The molecule has 0 aromatic carbocycles. The summed E-state index contributed by atoms with van der Waals surface area (Å²) < 4.78 is 6.92. The largest absolute Gasteiger partial charge is 0.492 e. The Morgan fingerprint density at radius 3 is 3.00 bits per heavy atom. The molecule has 0 saturated heterocycles. The minimum Gasteiger partial charge on any atom is -0.492 e. The molecule has 0 aliphatic carbocycles. The second-order valence-corrected chi connectivity index (χ2v) is 3.55. The highest BCUT2D eigenvalue weighted by atomic mass is 16.5. The Balaban J connectivity index is 2.79. The summed E-state index contributed by atoms with van der Waals surface area (Å²) in [5, 5.41) is 13.1. The number of ether oxygens (including phenoxy) is 1. The average molecular weight is 216 g/mol. The van der Waals surface area contributed by atoms with E-state index in [-0.39, 0.29) is 5.92 Å². The van der Waals surface area contributed by atoms with Crippen LogP contribution >= 0.6 is 0 Å². The van der Waals surface area contributed by atoms with E-state index in [0.717, 1.165) is 11.1 Å². The van der Waals surface area contributed by atoms with E-state index in [9.17, 15) is 0 Å². The number of nitrogens with two attached hydrogens (primary N) is 1. The Labute approximate surface area is 93.0 Å². The fourth-order valence-electron chi connectivity index (χ4n) is 1.69. The fourth-order valence-corrected chi connectivity index (χ4v) is 1.69. The molecule has 0 bridgehead atoms. The van der Waals surface area contributed by atoms with Crippen LogP contribution in [0.5, 0.6) is 5.75 Å². The summed E-state index contributed by atoms with van der Waals surface area (Å²) in [6.07, 6.45) is 3.42. The summed E-state index contributed by atoms with van der Waals surface area (Å²) in [6, 6.07) is 3.90. The number of aromatic nitrogens is 2. The lowest BCUT2D eigenvalue weighted by molar-refractivity contribution is 0.419. The van der Waals surface area contributed by atoms with Crippen LogP contribution in [-0.4, -0.2) is 16.7 Å². The molecular weight excluding hydrogens is 204 g/mol. The summed E-state index contributed by atoms with van der Waals surface area (Å²) in [6.45, 7) is 1.82. The van der Waals surface area contributed by atoms with E-state index in [1.54, 1.807) is 30.1 Å². The van der Waals surface area contributed by atoms with E-state index < -0.39 is 0 Å². The molecule has 2 N–H and O–H groups in total. The fraction of sp³-hybridized carbons (Fsp3) is 0.273. The molecular formula is C11H12N4O. The molecule has 2 rings (SSSR count). The number of nitrogens with zero attached hydrogens (tertiary/aromatic N) is 3. The first-order valence-corrected chi connectivity index (χ1v) is 4.88. The molecule has 0 fully saturated rings. The number of rotatable bonds is 2. The molecule has 16 heavy (non-hydrogen) atoms. The summed E-state index contributed by atoms with van der Waals surface area (Å²) in [4.78, 5) is 0. The van der Waals surface area contributed by atoms with Crippen molar-refractivity contribution in [1.82, 2.24) is 9.61 Å². The monoisotopic (exact) mass is 216 g/mol. The SMILES string of the molecule is COc1c(N)ccn2ncc(C(C)C#N)c12. The summed E-state index contributed by atoms with van der Waals surface area (Å²) in [5.74, 6) is 0.324. The second-order valence-electron chi connectivity index (χ2n) is 3.55. The zero-order chi connectivity index (χ0) is 11.7. The first kappa shape index (κ1) is 10.3. The Morgan fingerprint density at radius 2 is 2.38 bits per heavy atom. The standard InChI is InChI=1S/C11H12N4O/c1-7(5-12)8-6-14-15-4-3-9(13)11(16-2)10(8)15/h3-4,6-7H,13H2,1-2H3. The molecule has 0 aliphatic rings. The highest BCUT2D eigenvalue weighted by molar-refractivity contribution is 5.75. The number of pyridine rings is 1. The van der Waals surface area contributed by atoms with Crippen LogP contribution in [0.25, 0.3) is 5.52 Å². The molecule has 0 aliphatic heterocycles. The topological polar surface area (TPSA) is 76.3 Å². The molecule has 0 amide bonds. The number of fused-ring (bicyclic) bond motifs is 1. The third-order valence-electron chi connectivity index (χ3n) is 2.56. The van der Waals surface area contributed by atoms with Gasteiger partial charge in [0.2, 0.25) is 0 Å². The molecule has 5 heteroatoms. The van der Waals surface area contributed by atoms with Crippen LogP contribution in [-0.2, 0) is 0 Å². The van der Waals surface area contributed by atoms with Crippen molar-refractivity contribution in [3.8, 4) is 11.8 Å². The van der Waals surface area contributed by atoms with Crippen molar-refractivity contribution in [1.29, 1.82) is 5.26 Å². The molecule has 5 nitrogen and oxygen atoms in total. The molecule has 1 atom stereocenters. The predicted octanol–water partition coefficient (Wildman–Crippen LogP) is 1.55. The molecule has 2 aromatic rings. The van der Waals surface area contributed by atoms with E-state index in [0.29, 0.717) is 11.4 Å². The van der Waals surface area contributed by atoms with Gasteiger partial charge in [-0.25, -0.2) is 4.52 Å². The number of nitriles is 1. The third-order valence-corrected chi connectivity index (χ3v) is 2.56. The van der Waals surface area contributed by atoms with Gasteiger partial charge in [0, 0.05) is 11.8 Å². The van der Waals surface area contributed by atoms with Crippen LogP contribution in [0.4, 0.5) is 5.69 Å². The number of hydrogen-bond acceptors (Lipinski definition) is 4. The van der Waals surface area contributed by atoms with Crippen molar-refractivity contribution in [3.63, 3.8) is 0 Å². The van der Waals surface area contributed by atoms with E-state index in [2.05, 4.69) is 11.2 Å². The van der Waals surface area contributed by atoms with Gasteiger partial charge in [-0.3, -0.25) is 0 Å². The highest BCUT2D eigenvalue weighted by Gasteiger charge is 2.16. The normalized spacial score (nSPS) is 12.3. The minimum absolute atomic E-state index is 0.242. The lowest BCUT2D eigenvalue weighted by Gasteiger charge is -2.08. The van der Waals surface area contributed by atoms with Crippen LogP contribution in [0, 0.1) is 11.3 Å². The Morgan fingerprint density at radius 1 is 1.62 bits per heavy atom. The maximum Gasteiger partial charge on any atom is 0.167 e. The van der Waals surface area contributed by atoms with Crippen molar-refractivity contribution in [3.05, 3.63) is 24.0 Å². The molecule has 82 valence electrons. The summed E-state index contributed by atoms with van der Waals surface area (Å²) in [7, 11) is 1.56. The average Bonchev–Trinajstić information content (AvgIpc) is 2.72. The van der Waals surface area contributed by atoms with Gasteiger partial charge >= 0.3 is 0 Å². The van der Waals surface area contributed by atoms with Gasteiger partial charge in [0.05, 0.1) is 31.0 Å². The Kier molecular flexibility index (Phi) is 2.41. The zero-order valence-electron chi connectivity index (χ0n) is 9.14. The van der Waals surface area contributed by atoms with Crippen molar-refractivity contribution >= 4 is 11.2 Å². The number of methoxy groups -OCH3 is 1. The zero-order valence-corrected chi connectivity index (χ0v) is 9.14. The van der Waals surface area contributed by atoms with Crippen molar-refractivity contribution in [2.75, 3.05) is 12.8 Å². The van der Waals surface area contributed by atoms with Crippen LogP contribution < -0.4 is 10.5 Å². The van der Waals surface area contributed by atoms with Crippen LogP contribution in [0.3, 0.4) is 0 Å². The first-order valence-electron chi connectivity index (χ1n) is 4.88. The van der Waals surface area contributed by atoms with Crippen molar-refractivity contribution in [2.24, 2.45) is 0 Å². The van der Waals surface area contributed by atoms with Crippen LogP contribution in [0.2, 0.25) is 0 Å². The van der Waals surface area contributed by atoms with Gasteiger partial charge < -0.3 is 10.5 Å². The molecule has 2 heterocycles. The molecule has 0 radical (unpaired) electrons. The van der Waals surface area contributed by atoms with E-state index in [4.69, 9.17) is 15.7 Å². The maximum atomic E-state index is 8.94. The van der Waals surface area contributed by atoms with E-state index >= 15 is 0 Å². The number of anilines is 1. The quantitative estimate of drug-likeness (QED) is 0.826. The maximum absolute atomic E-state index is 8.94. The smallest absolute Gasteiger partial charge is 0.167 e. The third kappa shape index (κ3) is 1.36. The highest BCUT2D eigenvalue weighted by Crippen LogP contribution is 2.32. The number of nitrogen functional groups attached to an aromatic ring is 1. The van der Waals surface area contributed by atoms with E-state index in [1.807, 2.05) is 6.92 Å². The van der Waals surface area contributed by atoms with E-state index in [1.165, 1.54) is 0 Å². The molecule has 1 unspecified atom stereocenters. The predicted molar refractivity (Wildman–Crippen MR) is 60.2 cm³/mol. The molecule has 0 saturated carbocycles. The van der Waals surface area contributed by atoms with Gasteiger partial charge in [-0.1, -0.05) is 0 Å². The van der Waals surface area contributed by atoms with Crippen LogP contribution in [0.1, 0.15) is 18.4 Å². The van der Waals surface area contributed by atoms with Gasteiger partial charge in [-0.15, -0.1) is 0 Å². The Bertz CT molecular complexity index is 567.